The fourth-order valence-electron chi connectivity index (χ4n) is 4.31. The molecule has 0 spiro atoms. The lowest BCUT2D eigenvalue weighted by Crippen LogP contribution is -2.38. The number of Topliss-reactive ketones (excluding diaryl/α,β-unsaturated/α-hetero) is 1. The van der Waals surface area contributed by atoms with Crippen LogP contribution in [0.15, 0.2) is 30.3 Å². The highest BCUT2D eigenvalue weighted by atomic mass is 35.5. The van der Waals surface area contributed by atoms with E-state index in [2.05, 4.69) is 0 Å². The van der Waals surface area contributed by atoms with Gasteiger partial charge in [-0.05, 0) is 43.9 Å². The Hall–Kier alpha value is -2.29. The maximum Gasteiger partial charge on any atom is 0.314 e. The topological polar surface area (TPSA) is 83.9 Å². The zero-order valence-electron chi connectivity index (χ0n) is 18.3. The van der Waals surface area contributed by atoms with Crippen LogP contribution in [0, 0.1) is 11.7 Å². The minimum absolute atomic E-state index is 0. The molecule has 2 heterocycles. The number of carboxylic acid groups (broad SMARTS) is 1. The van der Waals surface area contributed by atoms with Crippen LogP contribution in [0.25, 0.3) is 0 Å². The quantitative estimate of drug-likeness (QED) is 0.515. The summed E-state index contributed by atoms with van der Waals surface area (Å²) in [6.07, 6.45) is 2.02. The summed E-state index contributed by atoms with van der Waals surface area (Å²) in [6, 6.07) is 7.65. The molecule has 9 heteroatoms. The minimum atomic E-state index is -1.06. The third-order valence-corrected chi connectivity index (χ3v) is 7.37. The zero-order chi connectivity index (χ0) is 22.8. The summed E-state index contributed by atoms with van der Waals surface area (Å²) in [7, 11) is 0. The molecule has 4 rings (SSSR count). The number of rotatable bonds is 9. The molecule has 1 N–H and O–H groups in total. The van der Waals surface area contributed by atoms with Crippen molar-refractivity contribution < 1.29 is 28.6 Å². The van der Waals surface area contributed by atoms with E-state index in [-0.39, 0.29) is 43.0 Å². The Balaban J connectivity index is 0.00000306. The van der Waals surface area contributed by atoms with Crippen molar-refractivity contribution in [3.8, 4) is 0 Å². The summed E-state index contributed by atoms with van der Waals surface area (Å²) in [5, 5.41) is 9.27. The molecule has 1 aliphatic carbocycles. The Morgan fingerprint density at radius 3 is 2.64 bits per heavy atom. The first-order valence-corrected chi connectivity index (χ1v) is 11.7. The van der Waals surface area contributed by atoms with Gasteiger partial charge in [0.2, 0.25) is 0 Å². The van der Waals surface area contributed by atoms with Crippen LogP contribution in [-0.4, -0.2) is 40.9 Å². The van der Waals surface area contributed by atoms with Crippen LogP contribution in [-0.2, 0) is 32.1 Å². The second-order valence-electron chi connectivity index (χ2n) is 8.32. The Bertz CT molecular complexity index is 1040. The van der Waals surface area contributed by atoms with Gasteiger partial charge in [0.25, 0.3) is 0 Å². The summed E-state index contributed by atoms with van der Waals surface area (Å²) < 4.78 is 19.7. The second-order valence-corrected chi connectivity index (χ2v) is 9.49. The molecule has 0 bridgehead atoms. The third-order valence-electron chi connectivity index (χ3n) is 6.02. The molecule has 0 saturated heterocycles. The van der Waals surface area contributed by atoms with Gasteiger partial charge in [-0.2, -0.15) is 0 Å². The van der Waals surface area contributed by atoms with Gasteiger partial charge in [0.05, 0.1) is 19.1 Å². The van der Waals surface area contributed by atoms with Gasteiger partial charge in [0.15, 0.2) is 5.78 Å². The average molecular weight is 496 g/mol. The van der Waals surface area contributed by atoms with Crippen molar-refractivity contribution in [3.63, 3.8) is 0 Å². The number of thiophene rings is 1. The van der Waals surface area contributed by atoms with Gasteiger partial charge in [-0.1, -0.05) is 18.2 Å². The molecule has 1 aromatic carbocycles. The highest BCUT2D eigenvalue weighted by molar-refractivity contribution is 7.12. The normalized spacial score (nSPS) is 17.4. The maximum atomic E-state index is 14.6. The zero-order valence-corrected chi connectivity index (χ0v) is 19.9. The number of fused-ring (bicyclic) bond motifs is 1. The number of benzene rings is 1. The molecule has 1 saturated carbocycles. The standard InChI is InChI=1S/C24H26FNO5S.ClH/c1-2-31-24(30)17(12-21(27)28)20-11-15-13-26(10-9-19(15)32-20)22(23(29)14-7-8-14)16-5-3-4-6-18(16)25;/h3-6,11,14,17,22H,2,7-10,12-13H2,1H3,(H,27,28);1H. The first-order chi connectivity index (χ1) is 15.4. The van der Waals surface area contributed by atoms with Crippen molar-refractivity contribution in [1.29, 1.82) is 0 Å². The van der Waals surface area contributed by atoms with Crippen LogP contribution in [0.4, 0.5) is 4.39 Å². The fraction of sp³-hybridized carbons (Fsp3) is 0.458. The van der Waals surface area contributed by atoms with Crippen molar-refractivity contribution in [2.75, 3.05) is 13.2 Å². The summed E-state index contributed by atoms with van der Waals surface area (Å²) in [5.74, 6) is -2.80. The number of aliphatic carboxylic acids is 1. The highest BCUT2D eigenvalue weighted by Gasteiger charge is 2.40. The van der Waals surface area contributed by atoms with Crippen molar-refractivity contribution in [2.45, 2.75) is 51.1 Å². The van der Waals surface area contributed by atoms with Gasteiger partial charge < -0.3 is 9.84 Å². The molecule has 6 nitrogen and oxygen atoms in total. The van der Waals surface area contributed by atoms with Crippen LogP contribution in [0.5, 0.6) is 0 Å². The van der Waals surface area contributed by atoms with E-state index in [9.17, 15) is 23.9 Å². The van der Waals surface area contributed by atoms with Crippen LogP contribution >= 0.6 is 23.7 Å². The number of ether oxygens (including phenoxy) is 1. The molecule has 2 unspecified atom stereocenters. The first kappa shape index (κ1) is 25.3. The number of carbonyl (C=O) groups excluding carboxylic acids is 2. The van der Waals surface area contributed by atoms with Gasteiger partial charge >= 0.3 is 11.9 Å². The number of hydrogen-bond acceptors (Lipinski definition) is 6. The van der Waals surface area contributed by atoms with E-state index in [1.54, 1.807) is 25.1 Å². The molecule has 178 valence electrons. The Morgan fingerprint density at radius 2 is 2.00 bits per heavy atom. The van der Waals surface area contributed by atoms with Crippen molar-refractivity contribution >= 4 is 41.5 Å². The molecule has 2 aromatic rings. The monoisotopic (exact) mass is 495 g/mol. The second kappa shape index (κ2) is 10.8. The minimum Gasteiger partial charge on any atom is -0.481 e. The first-order valence-electron chi connectivity index (χ1n) is 10.9. The van der Waals surface area contributed by atoms with Crippen molar-refractivity contribution in [1.82, 2.24) is 4.90 Å². The number of hydrogen-bond donors (Lipinski definition) is 1. The van der Waals surface area contributed by atoms with Gasteiger partial charge in [0.1, 0.15) is 11.7 Å². The molecule has 33 heavy (non-hydrogen) atoms. The Morgan fingerprint density at radius 1 is 1.27 bits per heavy atom. The number of carboxylic acids is 1. The van der Waals surface area contributed by atoms with E-state index in [1.807, 2.05) is 11.0 Å². The van der Waals surface area contributed by atoms with E-state index in [1.165, 1.54) is 17.4 Å². The van der Waals surface area contributed by atoms with Crippen LogP contribution in [0.3, 0.4) is 0 Å². The molecular formula is C24H27ClFNO5S. The largest absolute Gasteiger partial charge is 0.481 e. The van der Waals surface area contributed by atoms with Crippen LogP contribution in [0.2, 0.25) is 0 Å². The number of nitrogens with zero attached hydrogens (tertiary/aromatic N) is 1. The predicted octanol–water partition coefficient (Wildman–Crippen LogP) is 4.51. The average Bonchev–Trinajstić information content (AvgIpc) is 3.52. The SMILES string of the molecule is CCOC(=O)C(CC(=O)O)c1cc2c(s1)CCN(C(C(=O)C1CC1)c1ccccc1F)C2.Cl. The third kappa shape index (κ3) is 5.62. The van der Waals surface area contributed by atoms with Crippen LogP contribution in [0.1, 0.15) is 59.0 Å². The van der Waals surface area contributed by atoms with E-state index < -0.39 is 23.9 Å². The lowest BCUT2D eigenvalue weighted by Gasteiger charge is -2.34. The molecule has 2 atom stereocenters. The lowest BCUT2D eigenvalue weighted by atomic mass is 9.94. The van der Waals surface area contributed by atoms with E-state index in [0.717, 1.165) is 23.3 Å². The summed E-state index contributed by atoms with van der Waals surface area (Å²) in [5.41, 5.74) is 1.36. The van der Waals surface area contributed by atoms with E-state index in [0.29, 0.717) is 30.0 Å². The molecule has 2 aliphatic rings. The molecule has 1 aliphatic heterocycles. The molecule has 1 aromatic heterocycles. The van der Waals surface area contributed by atoms with Gasteiger partial charge in [-0.3, -0.25) is 19.3 Å². The Kier molecular flexibility index (Phi) is 8.26. The van der Waals surface area contributed by atoms with Gasteiger partial charge in [-0.25, -0.2) is 4.39 Å². The number of halogens is 2. The smallest absolute Gasteiger partial charge is 0.314 e. The maximum absolute atomic E-state index is 14.6. The molecule has 0 radical (unpaired) electrons. The highest BCUT2D eigenvalue weighted by Crippen LogP contribution is 2.41. The van der Waals surface area contributed by atoms with Crippen LogP contribution < -0.4 is 0 Å². The van der Waals surface area contributed by atoms with Gasteiger partial charge in [-0.15, -0.1) is 23.7 Å². The number of esters is 1. The summed E-state index contributed by atoms with van der Waals surface area (Å²) >= 11 is 1.43. The number of carbonyl (C=O) groups is 3. The summed E-state index contributed by atoms with van der Waals surface area (Å²) in [4.78, 5) is 40.6. The predicted molar refractivity (Wildman–Crippen MR) is 124 cm³/mol. The van der Waals surface area contributed by atoms with E-state index in [4.69, 9.17) is 4.74 Å². The molecule has 1 fully saturated rings. The van der Waals surface area contributed by atoms with Gasteiger partial charge in [0, 0.05) is 34.3 Å². The van der Waals surface area contributed by atoms with Crippen molar-refractivity contribution in [2.24, 2.45) is 5.92 Å². The lowest BCUT2D eigenvalue weighted by molar-refractivity contribution is -0.149. The fourth-order valence-corrected chi connectivity index (χ4v) is 5.56. The molecular weight excluding hydrogens is 469 g/mol. The van der Waals surface area contributed by atoms with E-state index >= 15 is 0 Å². The number of ketones is 1. The Labute approximate surface area is 202 Å². The molecule has 0 amide bonds. The van der Waals surface area contributed by atoms with Crippen molar-refractivity contribution in [3.05, 3.63) is 57.0 Å². The summed E-state index contributed by atoms with van der Waals surface area (Å²) in [6.45, 7) is 2.91.